The van der Waals surface area contributed by atoms with Crippen molar-refractivity contribution in [2.75, 3.05) is 0 Å². The molecule has 2 bridgehead atoms. The maximum atomic E-state index is 13.7. The molecular formula is C14H16F3N. The van der Waals surface area contributed by atoms with Crippen molar-refractivity contribution >= 4 is 0 Å². The Morgan fingerprint density at radius 2 is 1.83 bits per heavy atom. The van der Waals surface area contributed by atoms with Crippen LogP contribution in [0.3, 0.4) is 0 Å². The molecule has 1 aromatic carbocycles. The fraction of sp³-hybridized carbons (Fsp3) is 0.571. The molecule has 1 aromatic rings. The number of rotatable bonds is 2. The van der Waals surface area contributed by atoms with Crippen LogP contribution in [-0.2, 0) is 0 Å². The molecule has 4 heteroatoms. The average Bonchev–Trinajstić information content (AvgIpc) is 2.97. The van der Waals surface area contributed by atoms with E-state index in [9.17, 15) is 13.2 Å². The van der Waals surface area contributed by atoms with E-state index in [-0.39, 0.29) is 11.5 Å². The Balaban J connectivity index is 1.89. The van der Waals surface area contributed by atoms with Crippen LogP contribution < -0.4 is 5.73 Å². The third-order valence-corrected chi connectivity index (χ3v) is 4.68. The second kappa shape index (κ2) is 4.26. The summed E-state index contributed by atoms with van der Waals surface area (Å²) in [6, 6.07) is 1.72. The van der Waals surface area contributed by atoms with Gasteiger partial charge in [0, 0.05) is 11.6 Å². The van der Waals surface area contributed by atoms with E-state index >= 15 is 0 Å². The van der Waals surface area contributed by atoms with Gasteiger partial charge in [-0.15, -0.1) is 0 Å². The van der Waals surface area contributed by atoms with E-state index in [0.29, 0.717) is 11.8 Å². The quantitative estimate of drug-likeness (QED) is 0.804. The summed E-state index contributed by atoms with van der Waals surface area (Å²) in [5.41, 5.74) is 6.19. The Hall–Kier alpha value is -1.03. The van der Waals surface area contributed by atoms with Gasteiger partial charge in [0.15, 0.2) is 17.5 Å². The predicted molar refractivity (Wildman–Crippen MR) is 62.2 cm³/mol. The zero-order valence-corrected chi connectivity index (χ0v) is 10.0. The zero-order valence-electron chi connectivity index (χ0n) is 10.0. The predicted octanol–water partition coefficient (Wildman–Crippen LogP) is 3.54. The highest BCUT2D eigenvalue weighted by molar-refractivity contribution is 5.24. The highest BCUT2D eigenvalue weighted by Crippen LogP contribution is 2.52. The van der Waals surface area contributed by atoms with Crippen LogP contribution in [0.4, 0.5) is 13.2 Å². The van der Waals surface area contributed by atoms with Crippen molar-refractivity contribution in [3.05, 3.63) is 35.1 Å². The Bertz CT molecular complexity index is 474. The Morgan fingerprint density at radius 1 is 1.06 bits per heavy atom. The van der Waals surface area contributed by atoms with Crippen LogP contribution in [0.2, 0.25) is 0 Å². The lowest BCUT2D eigenvalue weighted by molar-refractivity contribution is 0.278. The van der Waals surface area contributed by atoms with E-state index < -0.39 is 23.5 Å². The van der Waals surface area contributed by atoms with Gasteiger partial charge in [-0.3, -0.25) is 0 Å². The normalized spacial score (nSPS) is 31.9. The first-order valence-corrected chi connectivity index (χ1v) is 6.47. The number of hydrogen-bond donors (Lipinski definition) is 1. The van der Waals surface area contributed by atoms with Crippen molar-refractivity contribution in [3.63, 3.8) is 0 Å². The molecule has 2 fully saturated rings. The minimum absolute atomic E-state index is 0.117. The molecule has 0 radical (unpaired) electrons. The fourth-order valence-corrected chi connectivity index (χ4v) is 3.76. The van der Waals surface area contributed by atoms with Crippen molar-refractivity contribution in [2.45, 2.75) is 31.7 Å². The largest absolute Gasteiger partial charge is 0.324 e. The third kappa shape index (κ3) is 1.74. The van der Waals surface area contributed by atoms with Gasteiger partial charge in [-0.05, 0) is 43.1 Å². The van der Waals surface area contributed by atoms with E-state index in [1.54, 1.807) is 0 Å². The standard InChI is InChI=1S/C14H16F3N/c15-11-4-3-9(12(16)13(11)17)14(18)10-6-7-1-2-8(10)5-7/h3-4,7-8,10,14H,1-2,5-6,18H2. The molecule has 0 heterocycles. The molecule has 4 unspecified atom stereocenters. The smallest absolute Gasteiger partial charge is 0.194 e. The number of nitrogens with two attached hydrogens (primary N) is 1. The van der Waals surface area contributed by atoms with Crippen LogP contribution in [0.15, 0.2) is 12.1 Å². The van der Waals surface area contributed by atoms with E-state index in [1.165, 1.54) is 12.5 Å². The number of hydrogen-bond acceptors (Lipinski definition) is 1. The minimum atomic E-state index is -1.41. The van der Waals surface area contributed by atoms with E-state index in [2.05, 4.69) is 0 Å². The first-order chi connectivity index (χ1) is 8.58. The van der Waals surface area contributed by atoms with Crippen LogP contribution in [0.1, 0.15) is 37.3 Å². The molecule has 1 nitrogen and oxygen atoms in total. The van der Waals surface area contributed by atoms with Crippen molar-refractivity contribution in [1.29, 1.82) is 0 Å². The summed E-state index contributed by atoms with van der Waals surface area (Å²) in [6.07, 6.45) is 4.51. The molecule has 0 amide bonds. The number of benzene rings is 1. The molecule has 2 aliphatic carbocycles. The van der Waals surface area contributed by atoms with Gasteiger partial charge in [0.2, 0.25) is 0 Å². The molecule has 0 saturated heterocycles. The Labute approximate surface area is 104 Å². The summed E-state index contributed by atoms with van der Waals surface area (Å²) >= 11 is 0. The third-order valence-electron chi connectivity index (χ3n) is 4.68. The van der Waals surface area contributed by atoms with Crippen LogP contribution in [0.25, 0.3) is 0 Å². The van der Waals surface area contributed by atoms with Crippen LogP contribution in [0, 0.1) is 35.2 Å². The maximum Gasteiger partial charge on any atom is 0.194 e. The van der Waals surface area contributed by atoms with Crippen LogP contribution in [0.5, 0.6) is 0 Å². The summed E-state index contributed by atoms with van der Waals surface area (Å²) < 4.78 is 39.8. The van der Waals surface area contributed by atoms with Crippen molar-refractivity contribution in [1.82, 2.24) is 0 Å². The van der Waals surface area contributed by atoms with Gasteiger partial charge in [-0.25, -0.2) is 13.2 Å². The summed E-state index contributed by atoms with van der Waals surface area (Å²) in [5.74, 6) is -2.26. The van der Waals surface area contributed by atoms with Crippen molar-refractivity contribution in [3.8, 4) is 0 Å². The Morgan fingerprint density at radius 3 is 2.44 bits per heavy atom. The summed E-state index contributed by atoms with van der Waals surface area (Å²) in [5, 5.41) is 0. The molecule has 18 heavy (non-hydrogen) atoms. The molecular weight excluding hydrogens is 239 g/mol. The maximum absolute atomic E-state index is 13.7. The molecule has 2 saturated carbocycles. The lowest BCUT2D eigenvalue weighted by atomic mass is 9.81. The molecule has 2 aliphatic rings. The van der Waals surface area contributed by atoms with Gasteiger partial charge in [-0.2, -0.15) is 0 Å². The van der Waals surface area contributed by atoms with Crippen LogP contribution in [-0.4, -0.2) is 0 Å². The monoisotopic (exact) mass is 255 g/mol. The highest BCUT2D eigenvalue weighted by atomic mass is 19.2. The summed E-state index contributed by atoms with van der Waals surface area (Å²) in [7, 11) is 0. The molecule has 0 aliphatic heterocycles. The molecule has 0 aromatic heterocycles. The van der Waals surface area contributed by atoms with Crippen molar-refractivity contribution in [2.24, 2.45) is 23.5 Å². The molecule has 98 valence electrons. The second-order valence-electron chi connectivity index (χ2n) is 5.63. The lowest BCUT2D eigenvalue weighted by Crippen LogP contribution is -2.27. The topological polar surface area (TPSA) is 26.0 Å². The minimum Gasteiger partial charge on any atom is -0.324 e. The van der Waals surface area contributed by atoms with E-state index in [4.69, 9.17) is 5.73 Å². The second-order valence-corrected chi connectivity index (χ2v) is 5.63. The van der Waals surface area contributed by atoms with Crippen LogP contribution >= 0.6 is 0 Å². The molecule has 2 N–H and O–H groups in total. The van der Waals surface area contributed by atoms with Gasteiger partial charge >= 0.3 is 0 Å². The SMILES string of the molecule is NC(c1ccc(F)c(F)c1F)C1CC2CCC1C2. The molecule has 3 rings (SSSR count). The van der Waals surface area contributed by atoms with Gasteiger partial charge in [0.1, 0.15) is 0 Å². The lowest BCUT2D eigenvalue weighted by Gasteiger charge is -2.28. The van der Waals surface area contributed by atoms with E-state index in [0.717, 1.165) is 25.3 Å². The number of fused-ring (bicyclic) bond motifs is 2. The summed E-state index contributed by atoms with van der Waals surface area (Å²) in [6.45, 7) is 0. The summed E-state index contributed by atoms with van der Waals surface area (Å²) in [4.78, 5) is 0. The van der Waals surface area contributed by atoms with Gasteiger partial charge < -0.3 is 5.73 Å². The first kappa shape index (κ1) is 12.0. The van der Waals surface area contributed by atoms with Gasteiger partial charge in [0.05, 0.1) is 0 Å². The van der Waals surface area contributed by atoms with E-state index in [1.807, 2.05) is 0 Å². The van der Waals surface area contributed by atoms with Gasteiger partial charge in [0.25, 0.3) is 0 Å². The zero-order chi connectivity index (χ0) is 12.9. The van der Waals surface area contributed by atoms with Crippen molar-refractivity contribution < 1.29 is 13.2 Å². The molecule has 4 atom stereocenters. The average molecular weight is 255 g/mol. The highest BCUT2D eigenvalue weighted by Gasteiger charge is 2.43. The molecule has 0 spiro atoms. The fourth-order valence-electron chi connectivity index (χ4n) is 3.76. The van der Waals surface area contributed by atoms with Gasteiger partial charge in [-0.1, -0.05) is 12.5 Å². The number of halogens is 3. The first-order valence-electron chi connectivity index (χ1n) is 6.47. The Kier molecular flexibility index (Phi) is 2.85.